The van der Waals surface area contributed by atoms with E-state index in [1.807, 2.05) is 19.1 Å². The Labute approximate surface area is 163 Å². The van der Waals surface area contributed by atoms with Crippen LogP contribution in [0.3, 0.4) is 0 Å². The summed E-state index contributed by atoms with van der Waals surface area (Å²) in [4.78, 5) is 24.4. The van der Waals surface area contributed by atoms with Crippen LogP contribution in [0.4, 0.5) is 0 Å². The first kappa shape index (κ1) is 20.0. The highest BCUT2D eigenvalue weighted by Crippen LogP contribution is 2.24. The number of ether oxygens (including phenoxy) is 1. The van der Waals surface area contributed by atoms with Gasteiger partial charge in [0.15, 0.2) is 0 Å². The summed E-state index contributed by atoms with van der Waals surface area (Å²) in [7, 11) is 0. The summed E-state index contributed by atoms with van der Waals surface area (Å²) < 4.78 is 5.47. The number of benzene rings is 2. The number of hydrogen-bond donors (Lipinski definition) is 4. The molecule has 1 aliphatic heterocycles. The molecule has 0 radical (unpaired) electrons. The van der Waals surface area contributed by atoms with Crippen molar-refractivity contribution in [3.8, 4) is 0 Å². The quantitative estimate of drug-likeness (QED) is 0.585. The van der Waals surface area contributed by atoms with E-state index in [9.17, 15) is 19.8 Å². The molecule has 28 heavy (non-hydrogen) atoms. The van der Waals surface area contributed by atoms with E-state index in [1.165, 1.54) is 0 Å². The molecule has 2 amide bonds. The van der Waals surface area contributed by atoms with Gasteiger partial charge in [0.05, 0.1) is 13.2 Å². The van der Waals surface area contributed by atoms with Crippen LogP contribution in [0, 0.1) is 6.92 Å². The lowest BCUT2D eigenvalue weighted by molar-refractivity contribution is -0.0464. The zero-order valence-electron chi connectivity index (χ0n) is 15.6. The molecular weight excluding hydrogens is 360 g/mol. The average Bonchev–Trinajstić information content (AvgIpc) is 3.00. The van der Waals surface area contributed by atoms with E-state index in [1.54, 1.807) is 42.5 Å². The average molecular weight is 384 g/mol. The van der Waals surface area contributed by atoms with Gasteiger partial charge in [0, 0.05) is 17.7 Å². The zero-order valence-corrected chi connectivity index (χ0v) is 15.6. The molecule has 1 heterocycles. The van der Waals surface area contributed by atoms with Crippen LogP contribution < -0.4 is 10.6 Å². The second-order valence-corrected chi connectivity index (χ2v) is 6.97. The van der Waals surface area contributed by atoms with Crippen molar-refractivity contribution in [2.75, 3.05) is 19.7 Å². The third-order valence-corrected chi connectivity index (χ3v) is 4.89. The summed E-state index contributed by atoms with van der Waals surface area (Å²) >= 11 is 0. The number of amides is 2. The molecule has 2 aromatic carbocycles. The largest absolute Gasteiger partial charge is 0.387 e. The molecule has 2 aromatic rings. The monoisotopic (exact) mass is 384 g/mol. The maximum absolute atomic E-state index is 12.3. The maximum Gasteiger partial charge on any atom is 0.251 e. The molecule has 0 aliphatic carbocycles. The van der Waals surface area contributed by atoms with Crippen molar-refractivity contribution in [1.29, 1.82) is 0 Å². The van der Waals surface area contributed by atoms with E-state index in [0.29, 0.717) is 11.1 Å². The molecule has 0 bridgehead atoms. The van der Waals surface area contributed by atoms with Crippen LogP contribution in [0.1, 0.15) is 26.3 Å². The van der Waals surface area contributed by atoms with Crippen molar-refractivity contribution in [2.24, 2.45) is 0 Å². The van der Waals surface area contributed by atoms with Gasteiger partial charge in [0.1, 0.15) is 17.8 Å². The standard InChI is InChI=1S/C21H24N2O5/c1-14-7-5-6-10-16(14)20(26)22-11-17-18(24)21(27,13-28-17)12-23-19(25)15-8-3-2-4-9-15/h2-10,17-18,24,27H,11-13H2,1H3,(H,22,26)(H,23,25)/t17-,18-,21+/m1/s1. The summed E-state index contributed by atoms with van der Waals surface area (Å²) in [6, 6.07) is 15.8. The van der Waals surface area contributed by atoms with E-state index in [0.717, 1.165) is 5.56 Å². The Kier molecular flexibility index (Phi) is 6.08. The molecule has 1 fully saturated rings. The van der Waals surface area contributed by atoms with E-state index in [4.69, 9.17) is 4.74 Å². The van der Waals surface area contributed by atoms with Gasteiger partial charge in [-0.15, -0.1) is 0 Å². The fraction of sp³-hybridized carbons (Fsp3) is 0.333. The van der Waals surface area contributed by atoms with Gasteiger partial charge < -0.3 is 25.6 Å². The zero-order chi connectivity index (χ0) is 20.1. The minimum atomic E-state index is -1.62. The van der Waals surface area contributed by atoms with Crippen molar-refractivity contribution in [3.05, 3.63) is 71.3 Å². The summed E-state index contributed by atoms with van der Waals surface area (Å²) in [5, 5.41) is 26.4. The number of hydrogen-bond acceptors (Lipinski definition) is 5. The molecule has 3 atom stereocenters. The van der Waals surface area contributed by atoms with Gasteiger partial charge in [0.25, 0.3) is 11.8 Å². The predicted molar refractivity (Wildman–Crippen MR) is 103 cm³/mol. The number of aliphatic hydroxyl groups is 2. The Bertz CT molecular complexity index is 842. The highest BCUT2D eigenvalue weighted by Gasteiger charge is 2.48. The van der Waals surface area contributed by atoms with E-state index in [2.05, 4.69) is 10.6 Å². The number of carbonyl (C=O) groups is 2. The molecule has 7 heteroatoms. The van der Waals surface area contributed by atoms with Crippen LogP contribution in [0.15, 0.2) is 54.6 Å². The highest BCUT2D eigenvalue weighted by molar-refractivity contribution is 5.95. The Balaban J connectivity index is 1.53. The molecule has 0 spiro atoms. The van der Waals surface area contributed by atoms with E-state index >= 15 is 0 Å². The van der Waals surface area contributed by atoms with Gasteiger partial charge in [-0.05, 0) is 30.7 Å². The van der Waals surface area contributed by atoms with Crippen molar-refractivity contribution >= 4 is 11.8 Å². The molecule has 0 unspecified atom stereocenters. The Morgan fingerprint density at radius 3 is 2.46 bits per heavy atom. The smallest absolute Gasteiger partial charge is 0.251 e. The normalized spacial score (nSPS) is 24.0. The molecule has 1 saturated heterocycles. The lowest BCUT2D eigenvalue weighted by Gasteiger charge is -2.26. The second-order valence-electron chi connectivity index (χ2n) is 6.97. The lowest BCUT2D eigenvalue weighted by Crippen LogP contribution is -2.53. The fourth-order valence-corrected chi connectivity index (χ4v) is 3.14. The van der Waals surface area contributed by atoms with Crippen LogP contribution in [0.25, 0.3) is 0 Å². The van der Waals surface area contributed by atoms with Gasteiger partial charge in [-0.1, -0.05) is 36.4 Å². The summed E-state index contributed by atoms with van der Waals surface area (Å²) in [5.74, 6) is -0.626. The highest BCUT2D eigenvalue weighted by atomic mass is 16.5. The summed E-state index contributed by atoms with van der Waals surface area (Å²) in [6.45, 7) is 1.57. The number of rotatable bonds is 6. The van der Waals surface area contributed by atoms with Gasteiger partial charge in [-0.25, -0.2) is 0 Å². The van der Waals surface area contributed by atoms with Gasteiger partial charge in [-0.3, -0.25) is 9.59 Å². The lowest BCUT2D eigenvalue weighted by atomic mass is 9.96. The maximum atomic E-state index is 12.3. The molecule has 148 valence electrons. The molecule has 0 saturated carbocycles. The minimum absolute atomic E-state index is 0.0449. The van der Waals surface area contributed by atoms with Crippen LogP contribution >= 0.6 is 0 Å². The first-order valence-electron chi connectivity index (χ1n) is 9.10. The Hall–Kier alpha value is -2.74. The van der Waals surface area contributed by atoms with Crippen molar-refractivity contribution in [2.45, 2.75) is 24.7 Å². The predicted octanol–water partition coefficient (Wildman–Crippen LogP) is 0.646. The first-order valence-corrected chi connectivity index (χ1v) is 9.10. The van der Waals surface area contributed by atoms with Crippen molar-refractivity contribution < 1.29 is 24.5 Å². The summed E-state index contributed by atoms with van der Waals surface area (Å²) in [6.07, 6.45) is -2.02. The fourth-order valence-electron chi connectivity index (χ4n) is 3.14. The topological polar surface area (TPSA) is 108 Å². The number of carbonyl (C=O) groups excluding carboxylic acids is 2. The van der Waals surface area contributed by atoms with E-state index < -0.39 is 17.8 Å². The molecule has 4 N–H and O–H groups in total. The molecule has 0 aromatic heterocycles. The second kappa shape index (κ2) is 8.52. The third-order valence-electron chi connectivity index (χ3n) is 4.89. The number of nitrogens with one attached hydrogen (secondary N) is 2. The summed E-state index contributed by atoms with van der Waals surface area (Å²) in [5.41, 5.74) is 0.220. The van der Waals surface area contributed by atoms with Gasteiger partial charge in [-0.2, -0.15) is 0 Å². The van der Waals surface area contributed by atoms with Crippen LogP contribution in [-0.4, -0.2) is 59.5 Å². The third kappa shape index (κ3) is 4.39. The Morgan fingerprint density at radius 1 is 1.07 bits per heavy atom. The van der Waals surface area contributed by atoms with E-state index in [-0.39, 0.29) is 31.5 Å². The van der Waals surface area contributed by atoms with Crippen molar-refractivity contribution in [3.63, 3.8) is 0 Å². The number of aryl methyl sites for hydroxylation is 1. The SMILES string of the molecule is Cc1ccccc1C(=O)NC[C@H]1OC[C@@](O)(CNC(=O)c2ccccc2)[C@@H]1O. The van der Waals surface area contributed by atoms with Gasteiger partial charge in [0.2, 0.25) is 0 Å². The van der Waals surface area contributed by atoms with Crippen LogP contribution in [-0.2, 0) is 4.74 Å². The first-order chi connectivity index (χ1) is 13.4. The van der Waals surface area contributed by atoms with Crippen LogP contribution in [0.5, 0.6) is 0 Å². The minimum Gasteiger partial charge on any atom is -0.387 e. The molecule has 1 aliphatic rings. The Morgan fingerprint density at radius 2 is 1.75 bits per heavy atom. The molecule has 7 nitrogen and oxygen atoms in total. The van der Waals surface area contributed by atoms with Crippen molar-refractivity contribution in [1.82, 2.24) is 10.6 Å². The van der Waals surface area contributed by atoms with Crippen LogP contribution in [0.2, 0.25) is 0 Å². The molecule has 3 rings (SSSR count). The van der Waals surface area contributed by atoms with Gasteiger partial charge >= 0.3 is 0 Å². The number of aliphatic hydroxyl groups excluding tert-OH is 1. The molecular formula is C21H24N2O5.